The van der Waals surface area contributed by atoms with Gasteiger partial charge in [0.25, 0.3) is 5.88 Å². The number of benzene rings is 2. The van der Waals surface area contributed by atoms with Crippen LogP contribution in [0.4, 0.5) is 21.2 Å². The molecule has 25 heavy (non-hydrogen) atoms. The van der Waals surface area contributed by atoms with Gasteiger partial charge in [-0.1, -0.05) is 18.2 Å². The number of nitriles is 1. The van der Waals surface area contributed by atoms with Crippen LogP contribution in [0.2, 0.25) is 0 Å². The molecule has 0 fully saturated rings. The standard InChI is InChI=1S/C18H14N4O2S/c1-12-4-2-6-14(8-12)22-18(23)24-16-17(25-11-20-16)21-15-7-3-5-13(9-15)10-19/h2-9,11,21H,1H3,(H,22,23). The van der Waals surface area contributed by atoms with Gasteiger partial charge in [-0.25, -0.2) is 9.78 Å². The highest BCUT2D eigenvalue weighted by Gasteiger charge is 2.13. The number of aromatic nitrogens is 1. The van der Waals surface area contributed by atoms with Crippen LogP contribution in [-0.4, -0.2) is 11.1 Å². The Kier molecular flexibility index (Phi) is 4.92. The molecule has 0 unspecified atom stereocenters. The van der Waals surface area contributed by atoms with Gasteiger partial charge in [-0.2, -0.15) is 5.26 Å². The second-order valence-electron chi connectivity index (χ2n) is 5.19. The molecule has 6 nitrogen and oxygen atoms in total. The van der Waals surface area contributed by atoms with E-state index in [1.165, 1.54) is 11.3 Å². The van der Waals surface area contributed by atoms with Crippen LogP contribution in [0.3, 0.4) is 0 Å². The predicted molar refractivity (Wildman–Crippen MR) is 97.4 cm³/mol. The Morgan fingerprint density at radius 2 is 2.00 bits per heavy atom. The Morgan fingerprint density at radius 3 is 2.80 bits per heavy atom. The van der Waals surface area contributed by atoms with Gasteiger partial charge in [0.1, 0.15) is 0 Å². The molecule has 3 aromatic rings. The average Bonchev–Trinajstić information content (AvgIpc) is 3.01. The number of rotatable bonds is 4. The maximum atomic E-state index is 12.1. The van der Waals surface area contributed by atoms with Crippen molar-refractivity contribution in [2.75, 3.05) is 10.6 Å². The van der Waals surface area contributed by atoms with E-state index in [0.29, 0.717) is 21.9 Å². The lowest BCUT2D eigenvalue weighted by molar-refractivity contribution is 0.214. The minimum absolute atomic E-state index is 0.178. The topological polar surface area (TPSA) is 87.0 Å². The predicted octanol–water partition coefficient (Wildman–Crippen LogP) is 4.68. The first-order chi connectivity index (χ1) is 12.1. The molecular weight excluding hydrogens is 336 g/mol. The van der Waals surface area contributed by atoms with Crippen molar-refractivity contribution in [2.24, 2.45) is 0 Å². The molecule has 1 aromatic heterocycles. The first-order valence-corrected chi connectivity index (χ1v) is 8.28. The third-order valence-electron chi connectivity index (χ3n) is 3.24. The molecule has 0 aliphatic carbocycles. The Bertz CT molecular complexity index is 946. The fraction of sp³-hybridized carbons (Fsp3) is 0.0556. The molecule has 2 aromatic carbocycles. The van der Waals surface area contributed by atoms with Crippen LogP contribution in [-0.2, 0) is 0 Å². The van der Waals surface area contributed by atoms with Crippen molar-refractivity contribution in [3.05, 3.63) is 65.2 Å². The summed E-state index contributed by atoms with van der Waals surface area (Å²) in [5.41, 5.74) is 4.51. The van der Waals surface area contributed by atoms with Gasteiger partial charge in [0.15, 0.2) is 5.00 Å². The van der Waals surface area contributed by atoms with E-state index in [2.05, 4.69) is 21.7 Å². The zero-order valence-corrected chi connectivity index (χ0v) is 14.1. The summed E-state index contributed by atoms with van der Waals surface area (Å²) >= 11 is 1.30. The summed E-state index contributed by atoms with van der Waals surface area (Å²) in [6.45, 7) is 1.94. The van der Waals surface area contributed by atoms with E-state index in [4.69, 9.17) is 10.00 Å². The van der Waals surface area contributed by atoms with Crippen LogP contribution in [0.5, 0.6) is 5.88 Å². The molecule has 3 rings (SSSR count). The number of carbonyl (C=O) groups excluding carboxylic acids is 1. The van der Waals surface area contributed by atoms with Crippen molar-refractivity contribution in [3.8, 4) is 11.9 Å². The summed E-state index contributed by atoms with van der Waals surface area (Å²) in [6.07, 6.45) is -0.620. The summed E-state index contributed by atoms with van der Waals surface area (Å²) in [6, 6.07) is 16.5. The summed E-state index contributed by atoms with van der Waals surface area (Å²) in [5, 5.41) is 15.3. The highest BCUT2D eigenvalue weighted by Crippen LogP contribution is 2.31. The molecule has 124 valence electrons. The quantitative estimate of drug-likeness (QED) is 0.713. The monoisotopic (exact) mass is 350 g/mol. The maximum Gasteiger partial charge on any atom is 0.418 e. The van der Waals surface area contributed by atoms with Crippen molar-refractivity contribution in [2.45, 2.75) is 6.92 Å². The van der Waals surface area contributed by atoms with E-state index in [0.717, 1.165) is 5.56 Å². The van der Waals surface area contributed by atoms with E-state index < -0.39 is 6.09 Å². The van der Waals surface area contributed by atoms with Crippen LogP contribution in [0.25, 0.3) is 0 Å². The third kappa shape index (κ3) is 4.34. The minimum Gasteiger partial charge on any atom is -0.388 e. The van der Waals surface area contributed by atoms with Gasteiger partial charge in [-0.15, -0.1) is 11.3 Å². The van der Waals surface area contributed by atoms with Gasteiger partial charge >= 0.3 is 6.09 Å². The fourth-order valence-corrected chi connectivity index (χ4v) is 2.77. The van der Waals surface area contributed by atoms with Crippen LogP contribution in [0.15, 0.2) is 54.0 Å². The van der Waals surface area contributed by atoms with Gasteiger partial charge < -0.3 is 10.1 Å². The number of hydrogen-bond acceptors (Lipinski definition) is 6. The molecule has 0 saturated carbocycles. The maximum absolute atomic E-state index is 12.1. The number of thiazole rings is 1. The molecule has 1 heterocycles. The molecule has 2 N–H and O–H groups in total. The molecule has 0 spiro atoms. The molecule has 0 saturated heterocycles. The third-order valence-corrected chi connectivity index (χ3v) is 3.96. The van der Waals surface area contributed by atoms with Crippen molar-refractivity contribution in [1.82, 2.24) is 4.98 Å². The minimum atomic E-state index is -0.620. The number of hydrogen-bond donors (Lipinski definition) is 2. The highest BCUT2D eigenvalue weighted by atomic mass is 32.1. The fourth-order valence-electron chi connectivity index (χ4n) is 2.14. The van der Waals surface area contributed by atoms with E-state index in [1.54, 1.807) is 29.8 Å². The zero-order chi connectivity index (χ0) is 17.6. The molecule has 1 amide bonds. The summed E-state index contributed by atoms with van der Waals surface area (Å²) in [7, 11) is 0. The molecule has 0 aliphatic heterocycles. The second kappa shape index (κ2) is 7.47. The number of carbonyl (C=O) groups is 1. The van der Waals surface area contributed by atoms with Gasteiger partial charge in [-0.05, 0) is 42.8 Å². The number of anilines is 3. The van der Waals surface area contributed by atoms with Crippen molar-refractivity contribution in [1.29, 1.82) is 5.26 Å². The second-order valence-corrected chi connectivity index (χ2v) is 6.04. The number of amides is 1. The van der Waals surface area contributed by atoms with Crippen LogP contribution in [0.1, 0.15) is 11.1 Å². The molecule has 0 atom stereocenters. The number of nitrogens with zero attached hydrogens (tertiary/aromatic N) is 2. The van der Waals surface area contributed by atoms with Crippen LogP contribution < -0.4 is 15.4 Å². The Hall–Kier alpha value is -3.37. The van der Waals surface area contributed by atoms with E-state index in [-0.39, 0.29) is 5.88 Å². The lowest BCUT2D eigenvalue weighted by Crippen LogP contribution is -2.17. The van der Waals surface area contributed by atoms with Crippen LogP contribution in [0, 0.1) is 18.3 Å². The Balaban J connectivity index is 1.69. The highest BCUT2D eigenvalue weighted by molar-refractivity contribution is 7.14. The van der Waals surface area contributed by atoms with Crippen molar-refractivity contribution >= 4 is 33.8 Å². The van der Waals surface area contributed by atoms with Gasteiger partial charge in [0, 0.05) is 11.4 Å². The number of nitrogens with one attached hydrogen (secondary N) is 2. The smallest absolute Gasteiger partial charge is 0.388 e. The molecule has 0 aliphatic rings. The van der Waals surface area contributed by atoms with Crippen molar-refractivity contribution < 1.29 is 9.53 Å². The van der Waals surface area contributed by atoms with Gasteiger partial charge in [0.2, 0.25) is 0 Å². The largest absolute Gasteiger partial charge is 0.418 e. The number of aryl methyl sites for hydroxylation is 1. The van der Waals surface area contributed by atoms with Gasteiger partial charge in [-0.3, -0.25) is 5.32 Å². The lowest BCUT2D eigenvalue weighted by Gasteiger charge is -2.08. The van der Waals surface area contributed by atoms with Gasteiger partial charge in [0.05, 0.1) is 17.1 Å². The van der Waals surface area contributed by atoms with Crippen LogP contribution >= 0.6 is 11.3 Å². The Morgan fingerprint density at radius 1 is 1.20 bits per heavy atom. The van der Waals surface area contributed by atoms with E-state index >= 15 is 0 Å². The average molecular weight is 350 g/mol. The normalized spacial score (nSPS) is 9.92. The molecule has 0 bridgehead atoms. The summed E-state index contributed by atoms with van der Waals surface area (Å²) in [4.78, 5) is 16.1. The summed E-state index contributed by atoms with van der Waals surface area (Å²) < 4.78 is 5.28. The molecular formula is C18H14N4O2S. The molecule has 0 radical (unpaired) electrons. The summed E-state index contributed by atoms with van der Waals surface area (Å²) in [5.74, 6) is 0.178. The lowest BCUT2D eigenvalue weighted by atomic mass is 10.2. The zero-order valence-electron chi connectivity index (χ0n) is 13.3. The number of ether oxygens (including phenoxy) is 1. The van der Waals surface area contributed by atoms with E-state index in [1.807, 2.05) is 31.2 Å². The van der Waals surface area contributed by atoms with Crippen molar-refractivity contribution in [3.63, 3.8) is 0 Å². The first kappa shape index (κ1) is 16.5. The first-order valence-electron chi connectivity index (χ1n) is 7.40. The van der Waals surface area contributed by atoms with E-state index in [9.17, 15) is 4.79 Å². The Labute approximate surface area is 148 Å². The molecule has 7 heteroatoms. The SMILES string of the molecule is Cc1cccc(NC(=O)Oc2ncsc2Nc2cccc(C#N)c2)c1.